The number of hydrogen-bond acceptors (Lipinski definition) is 2. The fraction of sp³-hybridized carbons (Fsp3) is 0.267. The molecule has 4 nitrogen and oxygen atoms in total. The van der Waals surface area contributed by atoms with Crippen molar-refractivity contribution < 1.29 is 32.2 Å². The quantitative estimate of drug-likeness (QED) is 0.632. The van der Waals surface area contributed by atoms with Crippen molar-refractivity contribution >= 4 is 40.8 Å². The van der Waals surface area contributed by atoms with Crippen LogP contribution < -0.4 is 4.74 Å². The first-order valence-corrected chi connectivity index (χ1v) is 7.99. The lowest BCUT2D eigenvalue weighted by Crippen LogP contribution is -2.23. The van der Waals surface area contributed by atoms with Crippen LogP contribution in [0.1, 0.15) is 12.6 Å². The number of alkyl halides is 3. The Morgan fingerprint density at radius 3 is 2.31 bits per heavy atom. The molecule has 2 aromatic rings. The van der Waals surface area contributed by atoms with E-state index < -0.39 is 51.1 Å². The highest BCUT2D eigenvalue weighted by atomic mass is 35.5. The first kappa shape index (κ1) is 20.7. The monoisotopic (exact) mass is 433 g/mol. The molecule has 0 aliphatic heterocycles. The Morgan fingerprint density at radius 2 is 1.85 bits per heavy atom. The number of carbonyl (C=O) groups is 1. The number of ether oxygens (including phenoxy) is 1. The predicted molar refractivity (Wildman–Crippen MR) is 88.6 cm³/mol. The molecule has 0 amide bonds. The Labute approximate surface area is 159 Å². The summed E-state index contributed by atoms with van der Waals surface area (Å²) >= 11 is 17.6. The molecular weight excluding hydrogens is 425 g/mol. The van der Waals surface area contributed by atoms with E-state index in [1.165, 1.54) is 6.92 Å². The number of hydrogen-bond donors (Lipinski definition) is 1. The van der Waals surface area contributed by atoms with Gasteiger partial charge in [0, 0.05) is 18.2 Å². The van der Waals surface area contributed by atoms with Gasteiger partial charge in [0.05, 0.1) is 10.0 Å². The summed E-state index contributed by atoms with van der Waals surface area (Å²) in [5, 5.41) is 7.35. The minimum absolute atomic E-state index is 0.248. The Balaban J connectivity index is 2.68. The summed E-state index contributed by atoms with van der Waals surface area (Å²) < 4.78 is 59.5. The summed E-state index contributed by atoms with van der Waals surface area (Å²) in [5.74, 6) is -2.57. The van der Waals surface area contributed by atoms with E-state index in [2.05, 4.69) is 0 Å². The molecule has 0 aliphatic rings. The number of carboxylic acid groups (broad SMARTS) is 1. The van der Waals surface area contributed by atoms with Crippen LogP contribution in [0.25, 0.3) is 11.1 Å². The lowest BCUT2D eigenvalue weighted by Gasteiger charge is -2.14. The second-order valence-corrected chi connectivity index (χ2v) is 6.39. The van der Waals surface area contributed by atoms with Crippen molar-refractivity contribution in [3.05, 3.63) is 38.8 Å². The molecule has 0 saturated heterocycles. The van der Waals surface area contributed by atoms with Gasteiger partial charge in [-0.25, -0.2) is 9.18 Å². The molecule has 1 heterocycles. The third kappa shape index (κ3) is 3.72. The van der Waals surface area contributed by atoms with Crippen LogP contribution in [-0.4, -0.2) is 21.7 Å². The molecule has 0 bridgehead atoms. The zero-order valence-electron chi connectivity index (χ0n) is 13.1. The zero-order valence-corrected chi connectivity index (χ0v) is 15.4. The summed E-state index contributed by atoms with van der Waals surface area (Å²) in [7, 11) is 1.03. The molecule has 142 valence electrons. The van der Waals surface area contributed by atoms with Crippen molar-refractivity contribution in [3.63, 3.8) is 0 Å². The molecule has 26 heavy (non-hydrogen) atoms. The number of nitrogens with zero attached hydrogens (tertiary/aromatic N) is 1. The Kier molecular flexibility index (Phi) is 5.70. The van der Waals surface area contributed by atoms with Crippen LogP contribution in [0.5, 0.6) is 5.75 Å². The zero-order chi connectivity index (χ0) is 20.0. The molecule has 0 saturated carbocycles. The van der Waals surface area contributed by atoms with Crippen molar-refractivity contribution in [1.82, 2.24) is 4.57 Å². The number of halogens is 7. The SMILES string of the molecule is CC(Oc1cc(-c2c(Cl)c(C(F)(F)F)n(C)c2Cl)c(F)cc1Cl)C(=O)O. The highest BCUT2D eigenvalue weighted by molar-refractivity contribution is 6.40. The second kappa shape index (κ2) is 7.17. The van der Waals surface area contributed by atoms with Crippen molar-refractivity contribution in [2.24, 2.45) is 7.05 Å². The van der Waals surface area contributed by atoms with Crippen molar-refractivity contribution in [1.29, 1.82) is 0 Å². The van der Waals surface area contributed by atoms with Gasteiger partial charge in [0.1, 0.15) is 22.4 Å². The summed E-state index contributed by atoms with van der Waals surface area (Å²) in [5.41, 5.74) is -2.08. The normalized spacial score (nSPS) is 13.0. The molecule has 1 unspecified atom stereocenters. The summed E-state index contributed by atoms with van der Waals surface area (Å²) in [6, 6.07) is 1.72. The molecule has 1 aromatic heterocycles. The highest BCUT2D eigenvalue weighted by Crippen LogP contribution is 2.47. The predicted octanol–water partition coefficient (Wildman–Crippen LogP) is 5.66. The van der Waals surface area contributed by atoms with Crippen LogP contribution in [0, 0.1) is 5.82 Å². The minimum atomic E-state index is -4.83. The summed E-state index contributed by atoms with van der Waals surface area (Å²) in [4.78, 5) is 10.9. The number of aromatic nitrogens is 1. The van der Waals surface area contributed by atoms with E-state index in [-0.39, 0.29) is 10.8 Å². The first-order valence-electron chi connectivity index (χ1n) is 6.86. The van der Waals surface area contributed by atoms with E-state index in [0.29, 0.717) is 4.57 Å². The van der Waals surface area contributed by atoms with Crippen molar-refractivity contribution in [2.75, 3.05) is 0 Å². The fourth-order valence-electron chi connectivity index (χ4n) is 2.22. The second-order valence-electron chi connectivity index (χ2n) is 5.25. The average Bonchev–Trinajstić information content (AvgIpc) is 2.71. The molecule has 11 heteroatoms. The van der Waals surface area contributed by atoms with Gasteiger partial charge in [0.2, 0.25) is 0 Å². The van der Waals surface area contributed by atoms with E-state index in [1.54, 1.807) is 0 Å². The van der Waals surface area contributed by atoms with E-state index in [1.807, 2.05) is 0 Å². The first-order chi connectivity index (χ1) is 11.9. The van der Waals surface area contributed by atoms with E-state index in [9.17, 15) is 22.4 Å². The van der Waals surface area contributed by atoms with Crippen LogP contribution in [0.4, 0.5) is 17.6 Å². The van der Waals surface area contributed by atoms with Gasteiger partial charge >= 0.3 is 12.1 Å². The van der Waals surface area contributed by atoms with Crippen LogP contribution in [0.2, 0.25) is 15.2 Å². The maximum Gasteiger partial charge on any atom is 0.432 e. The summed E-state index contributed by atoms with van der Waals surface area (Å²) in [6.45, 7) is 1.20. The third-order valence-corrected chi connectivity index (χ3v) is 4.58. The van der Waals surface area contributed by atoms with Crippen molar-refractivity contribution in [2.45, 2.75) is 19.2 Å². The Morgan fingerprint density at radius 1 is 1.27 bits per heavy atom. The van der Waals surface area contributed by atoms with Crippen LogP contribution in [0.15, 0.2) is 12.1 Å². The molecule has 1 atom stereocenters. The fourth-order valence-corrected chi connectivity index (χ4v) is 3.17. The molecule has 0 spiro atoms. The lowest BCUT2D eigenvalue weighted by atomic mass is 10.1. The highest BCUT2D eigenvalue weighted by Gasteiger charge is 2.40. The number of carboxylic acids is 1. The lowest BCUT2D eigenvalue weighted by molar-refractivity contribution is -0.144. The maximum absolute atomic E-state index is 14.3. The van der Waals surface area contributed by atoms with E-state index >= 15 is 0 Å². The van der Waals surface area contributed by atoms with Crippen LogP contribution >= 0.6 is 34.8 Å². The van der Waals surface area contributed by atoms with Gasteiger partial charge in [-0.05, 0) is 19.1 Å². The number of aliphatic carboxylic acids is 1. The van der Waals surface area contributed by atoms with Gasteiger partial charge in [0.25, 0.3) is 0 Å². The smallest absolute Gasteiger partial charge is 0.432 e. The Bertz CT molecular complexity index is 880. The molecule has 1 aromatic carbocycles. The van der Waals surface area contributed by atoms with Crippen LogP contribution in [0.3, 0.4) is 0 Å². The van der Waals surface area contributed by atoms with E-state index in [4.69, 9.17) is 44.6 Å². The number of benzene rings is 1. The average molecular weight is 435 g/mol. The third-order valence-electron chi connectivity index (χ3n) is 3.47. The molecule has 0 fully saturated rings. The maximum atomic E-state index is 14.3. The van der Waals surface area contributed by atoms with Gasteiger partial charge in [-0.3, -0.25) is 0 Å². The van der Waals surface area contributed by atoms with Gasteiger partial charge in [-0.1, -0.05) is 34.8 Å². The van der Waals surface area contributed by atoms with Gasteiger partial charge in [-0.15, -0.1) is 0 Å². The minimum Gasteiger partial charge on any atom is -0.479 e. The molecule has 2 rings (SSSR count). The van der Waals surface area contributed by atoms with Crippen molar-refractivity contribution in [3.8, 4) is 16.9 Å². The molecule has 1 N–H and O–H groups in total. The van der Waals surface area contributed by atoms with Gasteiger partial charge in [0.15, 0.2) is 6.10 Å². The van der Waals surface area contributed by atoms with Gasteiger partial charge < -0.3 is 14.4 Å². The van der Waals surface area contributed by atoms with Gasteiger partial charge in [-0.2, -0.15) is 13.2 Å². The van der Waals surface area contributed by atoms with E-state index in [0.717, 1.165) is 19.2 Å². The topological polar surface area (TPSA) is 51.5 Å². The Hall–Kier alpha value is -1.64. The molecule has 0 radical (unpaired) electrons. The molecule has 0 aliphatic carbocycles. The summed E-state index contributed by atoms with van der Waals surface area (Å²) in [6.07, 6.45) is -6.16. The largest absolute Gasteiger partial charge is 0.479 e. The number of rotatable bonds is 4. The molecular formula is C15H10Cl3F4NO3. The van der Waals surface area contributed by atoms with Crippen LogP contribution in [-0.2, 0) is 18.0 Å². The standard InChI is InChI=1S/C15H10Cl3F4NO3/c1-5(14(24)25)26-9-3-6(8(19)4-7(9)16)10-11(17)12(15(20,21)22)23(2)13(10)18/h3-5H,1-2H3,(H,24,25).